The fourth-order valence-corrected chi connectivity index (χ4v) is 6.87. The number of fused-ring (bicyclic) bond motifs is 12. The van der Waals surface area contributed by atoms with Gasteiger partial charge in [0, 0.05) is 49.7 Å². The minimum atomic E-state index is 0.813. The molecule has 4 heterocycles. The number of allylic oxidation sites excluding steroid dienone is 2. The van der Waals surface area contributed by atoms with Crippen LogP contribution in [0.25, 0.3) is 11.1 Å². The van der Waals surface area contributed by atoms with Crippen LogP contribution in [-0.2, 0) is 13.1 Å². The molecule has 4 aliphatic heterocycles. The molecule has 0 aromatic heterocycles. The van der Waals surface area contributed by atoms with Crippen molar-refractivity contribution in [3.05, 3.63) is 144 Å². The molecule has 0 spiro atoms. The first-order valence-corrected chi connectivity index (χ1v) is 17.2. The first-order chi connectivity index (χ1) is 22.8. The highest BCUT2D eigenvalue weighted by atomic mass is 15.1. The molecular weight excluding hydrogens is 560 g/mol. The van der Waals surface area contributed by atoms with Gasteiger partial charge in [-0.1, -0.05) is 111 Å². The van der Waals surface area contributed by atoms with Gasteiger partial charge in [0.05, 0.1) is 22.8 Å². The van der Waals surface area contributed by atoms with Crippen LogP contribution >= 0.6 is 0 Å². The van der Waals surface area contributed by atoms with E-state index in [9.17, 15) is 0 Å². The van der Waals surface area contributed by atoms with E-state index in [2.05, 4.69) is 131 Å². The molecule has 232 valence electrons. The number of para-hydroxylation sites is 2. The lowest BCUT2D eigenvalue weighted by Gasteiger charge is -2.28. The van der Waals surface area contributed by atoms with Crippen LogP contribution in [0.1, 0.15) is 73.6 Å². The quantitative estimate of drug-likeness (QED) is 0.200. The Morgan fingerprint density at radius 2 is 0.870 bits per heavy atom. The van der Waals surface area contributed by atoms with Crippen LogP contribution in [0.3, 0.4) is 0 Å². The summed E-state index contributed by atoms with van der Waals surface area (Å²) in [4.78, 5) is 14.8. The van der Waals surface area contributed by atoms with Crippen molar-refractivity contribution in [1.82, 2.24) is 0 Å². The zero-order valence-electron chi connectivity index (χ0n) is 26.8. The summed E-state index contributed by atoms with van der Waals surface area (Å²) < 4.78 is 0. The summed E-state index contributed by atoms with van der Waals surface area (Å²) in [5, 5.41) is 0. The number of rotatable bonds is 0. The Kier molecular flexibility index (Phi) is 9.51. The zero-order chi connectivity index (χ0) is 31.0. The molecular formula is C42H44N4. The molecule has 0 unspecified atom stereocenters. The molecule has 4 heteroatoms. The van der Waals surface area contributed by atoms with Crippen molar-refractivity contribution in [1.29, 1.82) is 0 Å². The molecule has 4 aromatic carbocycles. The van der Waals surface area contributed by atoms with Crippen molar-refractivity contribution in [2.75, 3.05) is 22.9 Å². The van der Waals surface area contributed by atoms with E-state index in [4.69, 9.17) is 9.98 Å². The van der Waals surface area contributed by atoms with Gasteiger partial charge in [0.2, 0.25) is 0 Å². The molecule has 0 amide bonds. The minimum absolute atomic E-state index is 0.813. The topological polar surface area (TPSA) is 31.2 Å². The van der Waals surface area contributed by atoms with Crippen LogP contribution in [0.4, 0.5) is 11.4 Å². The first-order valence-electron chi connectivity index (χ1n) is 17.2. The summed E-state index contributed by atoms with van der Waals surface area (Å²) in [5.41, 5.74) is 12.2. The predicted molar refractivity (Wildman–Crippen MR) is 195 cm³/mol. The fourth-order valence-electron chi connectivity index (χ4n) is 6.87. The molecule has 0 fully saturated rings. The molecule has 46 heavy (non-hydrogen) atoms. The monoisotopic (exact) mass is 604 g/mol. The third-order valence-corrected chi connectivity index (χ3v) is 9.33. The van der Waals surface area contributed by atoms with Crippen LogP contribution in [-0.4, -0.2) is 24.5 Å². The predicted octanol–water partition coefficient (Wildman–Crippen LogP) is 10.1. The van der Waals surface area contributed by atoms with Crippen molar-refractivity contribution in [2.24, 2.45) is 9.98 Å². The van der Waals surface area contributed by atoms with Crippen LogP contribution in [0.15, 0.2) is 132 Å². The van der Waals surface area contributed by atoms with E-state index in [1.165, 1.54) is 83.3 Å². The highest BCUT2D eigenvalue weighted by Crippen LogP contribution is 2.31. The number of anilines is 2. The van der Waals surface area contributed by atoms with Crippen LogP contribution in [0.5, 0.6) is 0 Å². The number of hydrogen-bond acceptors (Lipinski definition) is 4. The van der Waals surface area contributed by atoms with Gasteiger partial charge in [-0.3, -0.25) is 9.98 Å². The van der Waals surface area contributed by atoms with E-state index in [1.54, 1.807) is 0 Å². The van der Waals surface area contributed by atoms with Crippen molar-refractivity contribution < 1.29 is 0 Å². The maximum atomic E-state index is 5.04. The van der Waals surface area contributed by atoms with Crippen LogP contribution < -0.4 is 9.80 Å². The minimum Gasteiger partial charge on any atom is -0.343 e. The molecule has 4 aliphatic rings. The maximum absolute atomic E-state index is 5.04. The van der Waals surface area contributed by atoms with Gasteiger partial charge in [-0.05, 0) is 71.5 Å². The molecule has 0 radical (unpaired) electrons. The fraction of sp³-hybridized carbons (Fsp3) is 0.286. The normalized spacial score (nSPS) is 17.4. The van der Waals surface area contributed by atoms with E-state index in [0.29, 0.717) is 0 Å². The summed E-state index contributed by atoms with van der Waals surface area (Å²) in [5.74, 6) is 0. The average molecular weight is 605 g/mol. The highest BCUT2D eigenvalue weighted by Gasteiger charge is 2.19. The Labute approximate surface area is 274 Å². The largest absolute Gasteiger partial charge is 0.343 e. The lowest BCUT2D eigenvalue weighted by molar-refractivity contribution is 0.573. The van der Waals surface area contributed by atoms with Gasteiger partial charge in [-0.25, -0.2) is 0 Å². The molecule has 8 rings (SSSR count). The Morgan fingerprint density at radius 3 is 1.35 bits per heavy atom. The standard InChI is InChI=1S/C42H44N4/c1-2-4-6-12-26-44-40-24-28-46(42-22-10-8-20-38(40)42)32-34-16-14-18-36(30-34)35-17-13-15-33(29-35)31-45-27-23-39(43-25-11-5-3-1)37-19-7-9-21-41(37)45/h7-10,13-24,27-30H,1-6,11-12,25-26,31-32H2. The lowest BCUT2D eigenvalue weighted by atomic mass is 9.99. The second-order valence-electron chi connectivity index (χ2n) is 12.7. The van der Waals surface area contributed by atoms with E-state index < -0.39 is 0 Å². The Bertz CT molecular complexity index is 1650. The van der Waals surface area contributed by atoms with E-state index in [1.807, 2.05) is 0 Å². The Balaban J connectivity index is 1.16. The second kappa shape index (κ2) is 14.6. The third-order valence-electron chi connectivity index (χ3n) is 9.33. The summed E-state index contributed by atoms with van der Waals surface area (Å²) in [6, 6.07) is 35.4. The summed E-state index contributed by atoms with van der Waals surface area (Å²) >= 11 is 0. The van der Waals surface area contributed by atoms with Crippen molar-refractivity contribution >= 4 is 22.8 Å². The number of nitrogens with zero attached hydrogens (tertiary/aromatic N) is 4. The van der Waals surface area contributed by atoms with Gasteiger partial charge in [0.15, 0.2) is 0 Å². The van der Waals surface area contributed by atoms with Crippen LogP contribution in [0, 0.1) is 0 Å². The number of hydrogen-bond donors (Lipinski definition) is 0. The molecule has 0 saturated heterocycles. The number of aliphatic imine (C=N–C) groups is 2. The third kappa shape index (κ3) is 7.07. The molecule has 4 nitrogen and oxygen atoms in total. The van der Waals surface area contributed by atoms with E-state index >= 15 is 0 Å². The van der Waals surface area contributed by atoms with Crippen molar-refractivity contribution in [2.45, 2.75) is 64.5 Å². The molecule has 0 saturated carbocycles. The Hall–Kier alpha value is -4.70. The van der Waals surface area contributed by atoms with Gasteiger partial charge in [0.25, 0.3) is 0 Å². The molecule has 0 aliphatic carbocycles. The first kappa shape index (κ1) is 30.0. The average Bonchev–Trinajstić information content (AvgIpc) is 3.10. The van der Waals surface area contributed by atoms with Gasteiger partial charge < -0.3 is 9.80 Å². The molecule has 4 aromatic rings. The molecule has 0 atom stereocenters. The summed E-state index contributed by atoms with van der Waals surface area (Å²) in [6.45, 7) is 3.41. The maximum Gasteiger partial charge on any atom is 0.0682 e. The van der Waals surface area contributed by atoms with Gasteiger partial charge in [-0.2, -0.15) is 0 Å². The Morgan fingerprint density at radius 1 is 0.435 bits per heavy atom. The lowest BCUT2D eigenvalue weighted by Crippen LogP contribution is -2.22. The summed E-state index contributed by atoms with van der Waals surface area (Å²) in [6.07, 6.45) is 18.9. The number of benzene rings is 4. The smallest absolute Gasteiger partial charge is 0.0682 e. The highest BCUT2D eigenvalue weighted by molar-refractivity contribution is 6.14. The van der Waals surface area contributed by atoms with Crippen molar-refractivity contribution in [3.63, 3.8) is 0 Å². The molecule has 8 bridgehead atoms. The van der Waals surface area contributed by atoms with E-state index in [0.717, 1.165) is 50.4 Å². The molecule has 0 N–H and O–H groups in total. The van der Waals surface area contributed by atoms with E-state index in [-0.39, 0.29) is 0 Å². The zero-order valence-corrected chi connectivity index (χ0v) is 26.8. The second-order valence-corrected chi connectivity index (χ2v) is 12.7. The van der Waals surface area contributed by atoms with Crippen LogP contribution in [0.2, 0.25) is 0 Å². The summed E-state index contributed by atoms with van der Waals surface area (Å²) in [7, 11) is 0. The van der Waals surface area contributed by atoms with Gasteiger partial charge >= 0.3 is 0 Å². The van der Waals surface area contributed by atoms with Gasteiger partial charge in [-0.15, -0.1) is 0 Å². The SMILES string of the molecule is C1=CN2Cc3cccc(c3)-c3cccc(c3)CN3C=CC(=NCCCCCCCCCCN=C1c1ccccc12)c1ccccc13. The van der Waals surface area contributed by atoms with Gasteiger partial charge in [0.1, 0.15) is 0 Å². The van der Waals surface area contributed by atoms with Crippen molar-refractivity contribution in [3.8, 4) is 11.1 Å².